The van der Waals surface area contributed by atoms with Gasteiger partial charge in [-0.1, -0.05) is 12.8 Å². The maximum Gasteiger partial charge on any atom is 0.253 e. The highest BCUT2D eigenvalue weighted by Gasteiger charge is 2.33. The molecular weight excluding hydrogens is 266 g/mol. The third-order valence-electron chi connectivity index (χ3n) is 3.74. The summed E-state index contributed by atoms with van der Waals surface area (Å²) in [6.07, 6.45) is 3.11. The Morgan fingerprint density at radius 3 is 2.35 bits per heavy atom. The molecule has 1 amide bonds. The van der Waals surface area contributed by atoms with Gasteiger partial charge >= 0.3 is 0 Å². The Labute approximate surface area is 116 Å². The molecule has 4 nitrogen and oxygen atoms in total. The zero-order valence-electron chi connectivity index (χ0n) is 11.3. The van der Waals surface area contributed by atoms with Crippen LogP contribution in [-0.2, 0) is 0 Å². The number of benzene rings is 1. The standard InChI is InChI=1S/C14H18F2N2O2/c1-18(8-14(20)4-2-3-5-14)13(19)9-6-10(15)12(17)11(16)7-9/h6-7,20H,2-5,8,17H2,1H3. The van der Waals surface area contributed by atoms with Crippen molar-refractivity contribution in [2.24, 2.45) is 0 Å². The summed E-state index contributed by atoms with van der Waals surface area (Å²) < 4.78 is 26.7. The number of halogens is 2. The Balaban J connectivity index is 2.14. The molecule has 1 fully saturated rings. The van der Waals surface area contributed by atoms with Crippen LogP contribution in [0.15, 0.2) is 12.1 Å². The van der Waals surface area contributed by atoms with E-state index in [-0.39, 0.29) is 12.1 Å². The number of carbonyl (C=O) groups excluding carboxylic acids is 1. The summed E-state index contributed by atoms with van der Waals surface area (Å²) in [7, 11) is 1.50. The van der Waals surface area contributed by atoms with Gasteiger partial charge in [-0.15, -0.1) is 0 Å². The van der Waals surface area contributed by atoms with Gasteiger partial charge in [0.05, 0.1) is 5.60 Å². The molecule has 0 unspecified atom stereocenters. The number of likely N-dealkylation sites (N-methyl/N-ethyl adjacent to an activating group) is 1. The van der Waals surface area contributed by atoms with Crippen LogP contribution in [-0.4, -0.2) is 35.1 Å². The van der Waals surface area contributed by atoms with Crippen molar-refractivity contribution in [3.8, 4) is 0 Å². The molecule has 0 spiro atoms. The molecule has 0 aliphatic heterocycles. The SMILES string of the molecule is CN(CC1(O)CCCC1)C(=O)c1cc(F)c(N)c(F)c1. The summed E-state index contributed by atoms with van der Waals surface area (Å²) in [6.45, 7) is 0.152. The quantitative estimate of drug-likeness (QED) is 0.833. The molecule has 2 rings (SSSR count). The van der Waals surface area contributed by atoms with Crippen molar-refractivity contribution in [1.29, 1.82) is 0 Å². The number of amides is 1. The van der Waals surface area contributed by atoms with E-state index >= 15 is 0 Å². The molecule has 1 aliphatic carbocycles. The van der Waals surface area contributed by atoms with E-state index in [2.05, 4.69) is 0 Å². The molecule has 0 atom stereocenters. The second-order valence-corrected chi connectivity index (χ2v) is 5.45. The van der Waals surface area contributed by atoms with Crippen LogP contribution < -0.4 is 5.73 Å². The third-order valence-corrected chi connectivity index (χ3v) is 3.74. The summed E-state index contributed by atoms with van der Waals surface area (Å²) in [6, 6.07) is 1.83. The fraction of sp³-hybridized carbons (Fsp3) is 0.500. The second-order valence-electron chi connectivity index (χ2n) is 5.45. The van der Waals surface area contributed by atoms with Crippen LogP contribution in [0.5, 0.6) is 0 Å². The average molecular weight is 284 g/mol. The van der Waals surface area contributed by atoms with Crippen LogP contribution in [0.3, 0.4) is 0 Å². The lowest BCUT2D eigenvalue weighted by molar-refractivity contribution is 0.0156. The summed E-state index contributed by atoms with van der Waals surface area (Å²) >= 11 is 0. The van der Waals surface area contributed by atoms with Gasteiger partial charge < -0.3 is 15.7 Å². The maximum atomic E-state index is 13.4. The van der Waals surface area contributed by atoms with E-state index in [1.807, 2.05) is 0 Å². The Morgan fingerprint density at radius 2 is 1.85 bits per heavy atom. The van der Waals surface area contributed by atoms with Gasteiger partial charge in [-0.05, 0) is 25.0 Å². The van der Waals surface area contributed by atoms with Crippen molar-refractivity contribution < 1.29 is 18.7 Å². The van der Waals surface area contributed by atoms with Gasteiger partial charge in [0.1, 0.15) is 17.3 Å². The van der Waals surface area contributed by atoms with E-state index in [4.69, 9.17) is 5.73 Å². The lowest BCUT2D eigenvalue weighted by Crippen LogP contribution is -2.42. The van der Waals surface area contributed by atoms with E-state index in [1.54, 1.807) is 0 Å². The van der Waals surface area contributed by atoms with E-state index in [9.17, 15) is 18.7 Å². The summed E-state index contributed by atoms with van der Waals surface area (Å²) in [4.78, 5) is 13.4. The first-order valence-corrected chi connectivity index (χ1v) is 6.55. The fourth-order valence-corrected chi connectivity index (χ4v) is 2.63. The predicted molar refractivity (Wildman–Crippen MR) is 71.1 cm³/mol. The summed E-state index contributed by atoms with van der Waals surface area (Å²) in [5.74, 6) is -2.45. The van der Waals surface area contributed by atoms with Crippen molar-refractivity contribution in [3.05, 3.63) is 29.3 Å². The Bertz CT molecular complexity index is 505. The minimum atomic E-state index is -0.957. The Hall–Kier alpha value is -1.69. The molecule has 3 N–H and O–H groups in total. The van der Waals surface area contributed by atoms with Gasteiger partial charge in [0, 0.05) is 19.2 Å². The molecule has 1 saturated carbocycles. The minimum Gasteiger partial charge on any atom is -0.394 e. The lowest BCUT2D eigenvalue weighted by atomic mass is 10.0. The molecule has 0 saturated heterocycles. The van der Waals surface area contributed by atoms with E-state index < -0.39 is 28.8 Å². The first-order valence-electron chi connectivity index (χ1n) is 6.55. The number of nitrogen functional groups attached to an aromatic ring is 1. The number of anilines is 1. The Kier molecular flexibility index (Phi) is 3.94. The molecule has 1 aromatic carbocycles. The zero-order chi connectivity index (χ0) is 14.9. The third kappa shape index (κ3) is 2.90. The topological polar surface area (TPSA) is 66.6 Å². The average Bonchev–Trinajstić information content (AvgIpc) is 2.80. The fourth-order valence-electron chi connectivity index (χ4n) is 2.63. The number of rotatable bonds is 3. The first kappa shape index (κ1) is 14.7. The van der Waals surface area contributed by atoms with E-state index in [0.29, 0.717) is 12.8 Å². The monoisotopic (exact) mass is 284 g/mol. The zero-order valence-corrected chi connectivity index (χ0v) is 11.3. The summed E-state index contributed by atoms with van der Waals surface area (Å²) in [5.41, 5.74) is 3.56. The largest absolute Gasteiger partial charge is 0.394 e. The molecular formula is C14H18F2N2O2. The summed E-state index contributed by atoms with van der Waals surface area (Å²) in [5, 5.41) is 10.2. The van der Waals surface area contributed by atoms with Crippen molar-refractivity contribution in [1.82, 2.24) is 4.90 Å². The van der Waals surface area contributed by atoms with Gasteiger partial charge in [-0.2, -0.15) is 0 Å². The second kappa shape index (κ2) is 5.36. The molecule has 20 heavy (non-hydrogen) atoms. The van der Waals surface area contributed by atoms with Crippen LogP contribution in [0.1, 0.15) is 36.0 Å². The van der Waals surface area contributed by atoms with E-state index in [1.165, 1.54) is 11.9 Å². The van der Waals surface area contributed by atoms with Crippen LogP contribution >= 0.6 is 0 Å². The van der Waals surface area contributed by atoms with Gasteiger partial charge in [0.15, 0.2) is 0 Å². The molecule has 0 heterocycles. The molecule has 1 aliphatic rings. The number of carbonyl (C=O) groups is 1. The highest BCUT2D eigenvalue weighted by Crippen LogP contribution is 2.30. The highest BCUT2D eigenvalue weighted by atomic mass is 19.1. The van der Waals surface area contributed by atoms with Crippen LogP contribution in [0.4, 0.5) is 14.5 Å². The smallest absolute Gasteiger partial charge is 0.253 e. The predicted octanol–water partition coefficient (Wildman–Crippen LogP) is 1.92. The molecule has 0 aromatic heterocycles. The normalized spacial score (nSPS) is 17.2. The van der Waals surface area contributed by atoms with Crippen molar-refractivity contribution in [2.75, 3.05) is 19.3 Å². The molecule has 110 valence electrons. The van der Waals surface area contributed by atoms with Gasteiger partial charge in [-0.25, -0.2) is 8.78 Å². The van der Waals surface area contributed by atoms with Gasteiger partial charge in [-0.3, -0.25) is 4.79 Å². The van der Waals surface area contributed by atoms with Crippen LogP contribution in [0.25, 0.3) is 0 Å². The number of hydrogen-bond donors (Lipinski definition) is 2. The van der Waals surface area contributed by atoms with Crippen molar-refractivity contribution in [3.63, 3.8) is 0 Å². The maximum absolute atomic E-state index is 13.4. The van der Waals surface area contributed by atoms with Gasteiger partial charge in [0.25, 0.3) is 5.91 Å². The number of nitrogens with two attached hydrogens (primary N) is 1. The minimum absolute atomic E-state index is 0.113. The van der Waals surface area contributed by atoms with Crippen molar-refractivity contribution >= 4 is 11.6 Å². The van der Waals surface area contributed by atoms with Crippen LogP contribution in [0.2, 0.25) is 0 Å². The number of nitrogens with zero attached hydrogens (tertiary/aromatic N) is 1. The van der Waals surface area contributed by atoms with E-state index in [0.717, 1.165) is 25.0 Å². The Morgan fingerprint density at radius 1 is 1.35 bits per heavy atom. The first-order chi connectivity index (χ1) is 9.32. The molecule has 1 aromatic rings. The number of aliphatic hydroxyl groups is 1. The molecule has 0 radical (unpaired) electrons. The molecule has 6 heteroatoms. The highest BCUT2D eigenvalue weighted by molar-refractivity contribution is 5.94. The van der Waals surface area contributed by atoms with Crippen LogP contribution in [0, 0.1) is 11.6 Å². The lowest BCUT2D eigenvalue weighted by Gasteiger charge is -2.28. The number of hydrogen-bond acceptors (Lipinski definition) is 3. The molecule has 0 bridgehead atoms. The van der Waals surface area contributed by atoms with Crippen molar-refractivity contribution in [2.45, 2.75) is 31.3 Å². The van der Waals surface area contributed by atoms with Gasteiger partial charge in [0.2, 0.25) is 0 Å².